The monoisotopic (exact) mass is 295 g/mol. The van der Waals surface area contributed by atoms with Crippen molar-refractivity contribution >= 4 is 33.4 Å². The van der Waals surface area contributed by atoms with E-state index in [0.717, 1.165) is 5.75 Å². The van der Waals surface area contributed by atoms with Gasteiger partial charge >= 0.3 is 0 Å². The molecule has 0 amide bonds. The third-order valence-electron chi connectivity index (χ3n) is 2.57. The number of sulfonamides is 1. The van der Waals surface area contributed by atoms with Gasteiger partial charge in [0.25, 0.3) is 10.0 Å². The normalized spacial score (nSPS) is 22.8. The standard InChI is InChI=1S/C10H14ClNO3S2/c1-8-7-12(4-5-16-8)17(13,14)10-3-2-9(6-11)15-10/h2-3,8H,4-7H2,1H3. The van der Waals surface area contributed by atoms with Gasteiger partial charge in [-0.1, -0.05) is 6.92 Å². The van der Waals surface area contributed by atoms with Crippen molar-refractivity contribution in [1.29, 1.82) is 0 Å². The summed E-state index contributed by atoms with van der Waals surface area (Å²) in [5.41, 5.74) is 0. The van der Waals surface area contributed by atoms with Gasteiger partial charge in [-0.15, -0.1) is 11.6 Å². The van der Waals surface area contributed by atoms with E-state index in [2.05, 4.69) is 0 Å². The molecule has 2 heterocycles. The lowest BCUT2D eigenvalue weighted by Gasteiger charge is -2.28. The summed E-state index contributed by atoms with van der Waals surface area (Å²) in [5.74, 6) is 1.48. The minimum Gasteiger partial charge on any atom is -0.447 e. The van der Waals surface area contributed by atoms with E-state index in [1.807, 2.05) is 6.92 Å². The van der Waals surface area contributed by atoms with Crippen LogP contribution in [0.5, 0.6) is 0 Å². The molecule has 17 heavy (non-hydrogen) atoms. The first-order chi connectivity index (χ1) is 8.04. The Morgan fingerprint density at radius 2 is 2.35 bits per heavy atom. The summed E-state index contributed by atoms with van der Waals surface area (Å²) in [6, 6.07) is 3.07. The SMILES string of the molecule is CC1CN(S(=O)(=O)c2ccc(CCl)o2)CCS1. The predicted octanol–water partition coefficient (Wildman–Crippen LogP) is 2.14. The Balaban J connectivity index is 2.23. The second kappa shape index (κ2) is 5.22. The summed E-state index contributed by atoms with van der Waals surface area (Å²) >= 11 is 7.38. The van der Waals surface area contributed by atoms with Gasteiger partial charge in [-0.05, 0) is 12.1 Å². The quantitative estimate of drug-likeness (QED) is 0.802. The lowest BCUT2D eigenvalue weighted by atomic mass is 10.4. The second-order valence-electron chi connectivity index (χ2n) is 3.90. The number of nitrogens with zero attached hydrogens (tertiary/aromatic N) is 1. The van der Waals surface area contributed by atoms with Crippen LogP contribution >= 0.6 is 23.4 Å². The fourth-order valence-electron chi connectivity index (χ4n) is 1.70. The smallest absolute Gasteiger partial charge is 0.276 e. The second-order valence-corrected chi connectivity index (χ2v) is 7.58. The fraction of sp³-hybridized carbons (Fsp3) is 0.600. The summed E-state index contributed by atoms with van der Waals surface area (Å²) < 4.78 is 31.2. The van der Waals surface area contributed by atoms with Crippen molar-refractivity contribution in [3.05, 3.63) is 17.9 Å². The molecule has 1 saturated heterocycles. The van der Waals surface area contributed by atoms with Crippen LogP contribution in [0.15, 0.2) is 21.6 Å². The van der Waals surface area contributed by atoms with Crippen molar-refractivity contribution in [3.8, 4) is 0 Å². The number of hydrogen-bond acceptors (Lipinski definition) is 4. The highest BCUT2D eigenvalue weighted by Gasteiger charge is 2.31. The van der Waals surface area contributed by atoms with E-state index >= 15 is 0 Å². The molecule has 0 aromatic carbocycles. The zero-order valence-corrected chi connectivity index (χ0v) is 11.8. The zero-order valence-electron chi connectivity index (χ0n) is 9.43. The number of furan rings is 1. The molecule has 1 aromatic rings. The van der Waals surface area contributed by atoms with Crippen LogP contribution in [0.4, 0.5) is 0 Å². The maximum atomic E-state index is 12.2. The summed E-state index contributed by atoms with van der Waals surface area (Å²) in [7, 11) is -3.49. The maximum Gasteiger partial charge on any atom is 0.276 e. The summed E-state index contributed by atoms with van der Waals surface area (Å²) in [5, 5.41) is 0.313. The molecular weight excluding hydrogens is 282 g/mol. The highest BCUT2D eigenvalue weighted by molar-refractivity contribution is 8.00. The third kappa shape index (κ3) is 2.81. The van der Waals surface area contributed by atoms with E-state index in [1.54, 1.807) is 17.8 Å². The van der Waals surface area contributed by atoms with Gasteiger partial charge in [-0.3, -0.25) is 0 Å². The van der Waals surface area contributed by atoms with Crippen LogP contribution in [0.25, 0.3) is 0 Å². The van der Waals surface area contributed by atoms with Crippen LogP contribution in [0.3, 0.4) is 0 Å². The van der Waals surface area contributed by atoms with Crippen LogP contribution < -0.4 is 0 Å². The molecule has 4 nitrogen and oxygen atoms in total. The highest BCUT2D eigenvalue weighted by Crippen LogP contribution is 2.25. The summed E-state index contributed by atoms with van der Waals surface area (Å²) in [4.78, 5) is 0. The van der Waals surface area contributed by atoms with E-state index in [9.17, 15) is 8.42 Å². The van der Waals surface area contributed by atoms with E-state index in [-0.39, 0.29) is 11.0 Å². The largest absolute Gasteiger partial charge is 0.447 e. The van der Waals surface area contributed by atoms with E-state index in [0.29, 0.717) is 24.1 Å². The molecule has 0 aliphatic carbocycles. The first-order valence-corrected chi connectivity index (χ1v) is 8.33. The Labute approximate surface area is 110 Å². The Morgan fingerprint density at radius 1 is 1.59 bits per heavy atom. The lowest BCUT2D eigenvalue weighted by molar-refractivity contribution is 0.377. The maximum absolute atomic E-state index is 12.2. The van der Waals surface area contributed by atoms with Gasteiger partial charge in [0.05, 0.1) is 5.88 Å². The fourth-order valence-corrected chi connectivity index (χ4v) is 4.53. The Morgan fingerprint density at radius 3 is 2.94 bits per heavy atom. The molecule has 1 fully saturated rings. The van der Waals surface area contributed by atoms with Crippen LogP contribution in [0.1, 0.15) is 12.7 Å². The number of rotatable bonds is 3. The molecule has 0 saturated carbocycles. The highest BCUT2D eigenvalue weighted by atomic mass is 35.5. The predicted molar refractivity (Wildman–Crippen MR) is 68.9 cm³/mol. The molecule has 1 aliphatic heterocycles. The molecule has 0 N–H and O–H groups in total. The summed E-state index contributed by atoms with van der Waals surface area (Å²) in [6.45, 7) is 3.09. The zero-order chi connectivity index (χ0) is 12.5. The molecule has 96 valence electrons. The minimum absolute atomic E-state index is 0.00718. The molecule has 0 radical (unpaired) electrons. The van der Waals surface area contributed by atoms with Crippen molar-refractivity contribution < 1.29 is 12.8 Å². The van der Waals surface area contributed by atoms with Crippen LogP contribution in [0.2, 0.25) is 0 Å². The van der Waals surface area contributed by atoms with Gasteiger partial charge in [-0.25, -0.2) is 8.42 Å². The van der Waals surface area contributed by atoms with Crippen LogP contribution in [-0.2, 0) is 15.9 Å². The van der Waals surface area contributed by atoms with Crippen LogP contribution in [-0.4, -0.2) is 36.8 Å². The topological polar surface area (TPSA) is 50.5 Å². The van der Waals surface area contributed by atoms with Crippen molar-refractivity contribution in [2.24, 2.45) is 0 Å². The van der Waals surface area contributed by atoms with Gasteiger partial charge in [0.15, 0.2) is 0 Å². The van der Waals surface area contributed by atoms with Gasteiger partial charge in [0, 0.05) is 24.1 Å². The molecule has 2 rings (SSSR count). The lowest BCUT2D eigenvalue weighted by Crippen LogP contribution is -2.40. The van der Waals surface area contributed by atoms with Crippen LogP contribution in [0, 0.1) is 0 Å². The molecule has 1 aromatic heterocycles. The Bertz CT molecular complexity index is 485. The van der Waals surface area contributed by atoms with Gasteiger partial charge in [-0.2, -0.15) is 16.1 Å². The van der Waals surface area contributed by atoms with Crippen molar-refractivity contribution in [2.75, 3.05) is 18.8 Å². The Kier molecular flexibility index (Phi) is 4.07. The molecule has 1 aliphatic rings. The van der Waals surface area contributed by atoms with Gasteiger partial charge in [0.2, 0.25) is 5.09 Å². The van der Waals surface area contributed by atoms with E-state index in [4.69, 9.17) is 16.0 Å². The average molecular weight is 296 g/mol. The van der Waals surface area contributed by atoms with Crippen molar-refractivity contribution in [2.45, 2.75) is 23.1 Å². The molecule has 1 unspecified atom stereocenters. The average Bonchev–Trinajstić information content (AvgIpc) is 2.78. The molecule has 0 spiro atoms. The number of hydrogen-bond donors (Lipinski definition) is 0. The first-order valence-electron chi connectivity index (χ1n) is 5.30. The van der Waals surface area contributed by atoms with E-state index in [1.165, 1.54) is 10.4 Å². The third-order valence-corrected chi connectivity index (χ3v) is 5.71. The number of halogens is 1. The van der Waals surface area contributed by atoms with Gasteiger partial charge in [0.1, 0.15) is 5.76 Å². The molecule has 1 atom stereocenters. The first kappa shape index (κ1) is 13.3. The molecule has 7 heteroatoms. The number of thioether (sulfide) groups is 1. The molecular formula is C10H14ClNO3S2. The van der Waals surface area contributed by atoms with Gasteiger partial charge < -0.3 is 4.42 Å². The Hall–Kier alpha value is -0.170. The van der Waals surface area contributed by atoms with E-state index < -0.39 is 10.0 Å². The molecule has 0 bridgehead atoms. The van der Waals surface area contributed by atoms with Crippen molar-refractivity contribution in [3.63, 3.8) is 0 Å². The minimum atomic E-state index is -3.49. The van der Waals surface area contributed by atoms with Crippen molar-refractivity contribution in [1.82, 2.24) is 4.31 Å². The number of alkyl halides is 1. The summed E-state index contributed by atoms with van der Waals surface area (Å²) in [6.07, 6.45) is 0.